The molecule has 0 saturated heterocycles. The van der Waals surface area contributed by atoms with Gasteiger partial charge in [-0.05, 0) is 43.5 Å². The number of imidazole rings is 1. The second kappa shape index (κ2) is 9.87. The third kappa shape index (κ3) is 5.44. The minimum atomic E-state index is -0.0834. The minimum absolute atomic E-state index is 0.0820. The fourth-order valence-electron chi connectivity index (χ4n) is 3.33. The van der Waals surface area contributed by atoms with Gasteiger partial charge in [-0.1, -0.05) is 37.3 Å². The largest absolute Gasteiger partial charge is 0.356 e. The van der Waals surface area contributed by atoms with Gasteiger partial charge in [-0.25, -0.2) is 4.98 Å². The Kier molecular flexibility index (Phi) is 7.00. The Labute approximate surface area is 171 Å². The summed E-state index contributed by atoms with van der Waals surface area (Å²) < 4.78 is 1.97. The summed E-state index contributed by atoms with van der Waals surface area (Å²) in [6, 6.07) is 15.6. The molecular formula is C23H28N4O2. The van der Waals surface area contributed by atoms with E-state index in [4.69, 9.17) is 4.98 Å². The molecule has 29 heavy (non-hydrogen) atoms. The first-order valence-corrected chi connectivity index (χ1v) is 10.1. The molecule has 0 atom stereocenters. The molecule has 0 aliphatic carbocycles. The molecule has 0 unspecified atom stereocenters. The monoisotopic (exact) mass is 392 g/mol. The molecule has 2 amide bonds. The van der Waals surface area contributed by atoms with Crippen LogP contribution in [0, 0.1) is 6.92 Å². The maximum Gasteiger partial charge on any atom is 0.244 e. The van der Waals surface area contributed by atoms with Crippen molar-refractivity contribution in [2.75, 3.05) is 11.9 Å². The summed E-state index contributed by atoms with van der Waals surface area (Å²) in [4.78, 5) is 29.0. The van der Waals surface area contributed by atoms with Crippen LogP contribution in [-0.2, 0) is 22.6 Å². The number of anilines is 1. The predicted octanol–water partition coefficient (Wildman–Crippen LogP) is 3.83. The number of rotatable bonds is 9. The smallest absolute Gasteiger partial charge is 0.244 e. The number of hydrogen-bond acceptors (Lipinski definition) is 3. The molecule has 0 bridgehead atoms. The Bertz CT molecular complexity index is 993. The van der Waals surface area contributed by atoms with Gasteiger partial charge in [-0.2, -0.15) is 0 Å². The zero-order valence-corrected chi connectivity index (χ0v) is 17.1. The van der Waals surface area contributed by atoms with E-state index in [1.807, 2.05) is 66.9 Å². The number of aryl methyl sites for hydroxylation is 2. The van der Waals surface area contributed by atoms with Gasteiger partial charge in [0.1, 0.15) is 12.4 Å². The van der Waals surface area contributed by atoms with Crippen LogP contribution in [0.1, 0.15) is 37.6 Å². The van der Waals surface area contributed by atoms with Crippen molar-refractivity contribution < 1.29 is 9.59 Å². The van der Waals surface area contributed by atoms with Crippen LogP contribution < -0.4 is 10.6 Å². The van der Waals surface area contributed by atoms with Crippen LogP contribution in [0.25, 0.3) is 11.0 Å². The molecule has 0 saturated carbocycles. The van der Waals surface area contributed by atoms with E-state index >= 15 is 0 Å². The number of benzene rings is 2. The topological polar surface area (TPSA) is 76.0 Å². The highest BCUT2D eigenvalue weighted by molar-refractivity contribution is 5.92. The van der Waals surface area contributed by atoms with E-state index in [1.165, 1.54) is 0 Å². The third-order valence-electron chi connectivity index (χ3n) is 4.83. The zero-order chi connectivity index (χ0) is 20.6. The highest BCUT2D eigenvalue weighted by Crippen LogP contribution is 2.18. The molecule has 0 spiro atoms. The maximum absolute atomic E-state index is 12.7. The number of carbonyl (C=O) groups excluding carboxylic acids is 2. The van der Waals surface area contributed by atoms with Gasteiger partial charge in [0.15, 0.2) is 0 Å². The average molecular weight is 393 g/mol. The maximum atomic E-state index is 12.7. The lowest BCUT2D eigenvalue weighted by molar-refractivity contribution is -0.121. The number of fused-ring (bicyclic) bond motifs is 1. The van der Waals surface area contributed by atoms with Gasteiger partial charge in [-0.15, -0.1) is 0 Å². The number of nitrogens with one attached hydrogen (secondary N) is 2. The van der Waals surface area contributed by atoms with Crippen LogP contribution in [0.5, 0.6) is 0 Å². The number of para-hydroxylation sites is 3. The Hall–Kier alpha value is -3.15. The summed E-state index contributed by atoms with van der Waals surface area (Å²) in [6.45, 7) is 4.77. The fraction of sp³-hybridized carbons (Fsp3) is 0.348. The average Bonchev–Trinajstić information content (AvgIpc) is 3.05. The number of aromatic nitrogens is 2. The molecular weight excluding hydrogens is 364 g/mol. The Morgan fingerprint density at radius 2 is 1.79 bits per heavy atom. The van der Waals surface area contributed by atoms with Crippen molar-refractivity contribution >= 4 is 28.5 Å². The molecule has 1 heterocycles. The first kappa shape index (κ1) is 20.6. The van der Waals surface area contributed by atoms with Crippen LogP contribution in [0.4, 0.5) is 5.69 Å². The summed E-state index contributed by atoms with van der Waals surface area (Å²) in [5.41, 5.74) is 3.67. The zero-order valence-electron chi connectivity index (χ0n) is 17.1. The SMILES string of the molecule is CCCC(=O)NCCCc1nc2ccccc2n1CC(=O)Nc1ccccc1C. The Morgan fingerprint density at radius 1 is 1.03 bits per heavy atom. The van der Waals surface area contributed by atoms with Gasteiger partial charge in [-0.3, -0.25) is 9.59 Å². The predicted molar refractivity (Wildman–Crippen MR) is 116 cm³/mol. The number of hydrogen-bond donors (Lipinski definition) is 2. The van der Waals surface area contributed by atoms with Gasteiger partial charge in [0, 0.05) is 25.1 Å². The van der Waals surface area contributed by atoms with E-state index in [-0.39, 0.29) is 18.4 Å². The van der Waals surface area contributed by atoms with E-state index in [0.717, 1.165) is 41.0 Å². The molecule has 3 rings (SSSR count). The van der Waals surface area contributed by atoms with Crippen molar-refractivity contribution in [3.05, 3.63) is 59.9 Å². The molecule has 0 fully saturated rings. The summed E-state index contributed by atoms with van der Waals surface area (Å²) in [6.07, 6.45) is 2.87. The minimum Gasteiger partial charge on any atom is -0.356 e. The fourth-order valence-corrected chi connectivity index (χ4v) is 3.33. The third-order valence-corrected chi connectivity index (χ3v) is 4.83. The molecule has 152 valence electrons. The molecule has 0 radical (unpaired) electrons. The molecule has 2 N–H and O–H groups in total. The quantitative estimate of drug-likeness (QED) is 0.543. The van der Waals surface area contributed by atoms with Gasteiger partial charge >= 0.3 is 0 Å². The van der Waals surface area contributed by atoms with Gasteiger partial charge in [0.25, 0.3) is 0 Å². The molecule has 0 aliphatic rings. The second-order valence-electron chi connectivity index (χ2n) is 7.17. The van der Waals surface area contributed by atoms with Crippen molar-refractivity contribution in [1.29, 1.82) is 0 Å². The molecule has 6 heteroatoms. The Morgan fingerprint density at radius 3 is 2.59 bits per heavy atom. The Balaban J connectivity index is 1.70. The van der Waals surface area contributed by atoms with Crippen LogP contribution in [0.3, 0.4) is 0 Å². The van der Waals surface area contributed by atoms with Crippen molar-refractivity contribution in [3.63, 3.8) is 0 Å². The van der Waals surface area contributed by atoms with E-state index in [2.05, 4.69) is 10.6 Å². The van der Waals surface area contributed by atoms with Gasteiger partial charge in [0.2, 0.25) is 11.8 Å². The molecule has 0 aliphatic heterocycles. The van der Waals surface area contributed by atoms with Crippen LogP contribution in [0.2, 0.25) is 0 Å². The first-order valence-electron chi connectivity index (χ1n) is 10.1. The van der Waals surface area contributed by atoms with Gasteiger partial charge in [0.05, 0.1) is 11.0 Å². The highest BCUT2D eigenvalue weighted by atomic mass is 16.2. The van der Waals surface area contributed by atoms with Crippen molar-refractivity contribution in [2.45, 2.75) is 46.1 Å². The summed E-state index contributed by atoms with van der Waals surface area (Å²) >= 11 is 0. The summed E-state index contributed by atoms with van der Waals surface area (Å²) in [5.74, 6) is 0.856. The van der Waals surface area contributed by atoms with Crippen molar-refractivity contribution in [2.24, 2.45) is 0 Å². The second-order valence-corrected chi connectivity index (χ2v) is 7.17. The lowest BCUT2D eigenvalue weighted by atomic mass is 10.2. The number of amides is 2. The number of nitrogens with zero attached hydrogens (tertiary/aromatic N) is 2. The van der Waals surface area contributed by atoms with Gasteiger partial charge < -0.3 is 15.2 Å². The lowest BCUT2D eigenvalue weighted by Crippen LogP contribution is -2.25. The standard InChI is InChI=1S/C23H28N4O2/c1-3-9-22(28)24-15-8-14-21-25-19-12-6-7-13-20(19)27(21)16-23(29)26-18-11-5-4-10-17(18)2/h4-7,10-13H,3,8-9,14-16H2,1-2H3,(H,24,28)(H,26,29). The summed E-state index contributed by atoms with van der Waals surface area (Å²) in [7, 11) is 0. The summed E-state index contributed by atoms with van der Waals surface area (Å²) in [5, 5.41) is 5.92. The molecule has 6 nitrogen and oxygen atoms in total. The molecule has 3 aromatic rings. The van der Waals surface area contributed by atoms with E-state index < -0.39 is 0 Å². The highest BCUT2D eigenvalue weighted by Gasteiger charge is 2.14. The van der Waals surface area contributed by atoms with Crippen LogP contribution >= 0.6 is 0 Å². The van der Waals surface area contributed by atoms with Crippen molar-refractivity contribution in [3.8, 4) is 0 Å². The first-order chi connectivity index (χ1) is 14.1. The van der Waals surface area contributed by atoms with E-state index in [0.29, 0.717) is 19.4 Å². The van der Waals surface area contributed by atoms with Crippen LogP contribution in [0.15, 0.2) is 48.5 Å². The normalized spacial score (nSPS) is 10.8. The molecule has 2 aromatic carbocycles. The lowest BCUT2D eigenvalue weighted by Gasteiger charge is -2.12. The molecule has 1 aromatic heterocycles. The van der Waals surface area contributed by atoms with E-state index in [1.54, 1.807) is 0 Å². The van der Waals surface area contributed by atoms with Crippen molar-refractivity contribution in [1.82, 2.24) is 14.9 Å². The van der Waals surface area contributed by atoms with Crippen LogP contribution in [-0.4, -0.2) is 27.9 Å². The number of carbonyl (C=O) groups is 2. The van der Waals surface area contributed by atoms with E-state index in [9.17, 15) is 9.59 Å².